The minimum Gasteiger partial charge on any atom is -0.326 e. The molecule has 4 nitrogen and oxygen atoms in total. The molecule has 104 valence electrons. The molecule has 1 aliphatic heterocycles. The van der Waals surface area contributed by atoms with E-state index in [1.807, 2.05) is 32.3 Å². The predicted octanol–water partition coefficient (Wildman–Crippen LogP) is 1.69. The van der Waals surface area contributed by atoms with Crippen LogP contribution < -0.4 is 10.6 Å². The van der Waals surface area contributed by atoms with E-state index in [1.54, 1.807) is 0 Å². The fourth-order valence-electron chi connectivity index (χ4n) is 2.43. The summed E-state index contributed by atoms with van der Waals surface area (Å²) >= 11 is 0. The lowest BCUT2D eigenvalue weighted by Gasteiger charge is -2.22. The molecular weight excluding hydrogens is 238 g/mol. The summed E-state index contributed by atoms with van der Waals surface area (Å²) in [5.41, 5.74) is 2.11. The molecule has 1 amide bonds. The van der Waals surface area contributed by atoms with Crippen LogP contribution in [0.5, 0.6) is 0 Å². The molecule has 2 N–H and O–H groups in total. The molecule has 1 aromatic rings. The first-order chi connectivity index (χ1) is 9.15. The van der Waals surface area contributed by atoms with Crippen molar-refractivity contribution >= 4 is 11.6 Å². The lowest BCUT2D eigenvalue weighted by atomic mass is 9.99. The van der Waals surface area contributed by atoms with Crippen molar-refractivity contribution in [3.8, 4) is 0 Å². The van der Waals surface area contributed by atoms with Crippen molar-refractivity contribution in [1.29, 1.82) is 0 Å². The number of carbonyl (C=O) groups is 1. The normalized spacial score (nSPS) is 19.4. The summed E-state index contributed by atoms with van der Waals surface area (Å²) in [5, 5.41) is 6.30. The Bertz CT molecular complexity index is 425. The molecule has 0 aliphatic carbocycles. The highest BCUT2D eigenvalue weighted by Gasteiger charge is 2.20. The van der Waals surface area contributed by atoms with Gasteiger partial charge >= 0.3 is 0 Å². The fraction of sp³-hybridized carbons (Fsp3) is 0.533. The zero-order valence-corrected chi connectivity index (χ0v) is 11.8. The van der Waals surface area contributed by atoms with Gasteiger partial charge in [-0.05, 0) is 51.2 Å². The van der Waals surface area contributed by atoms with E-state index in [4.69, 9.17) is 0 Å². The van der Waals surface area contributed by atoms with E-state index in [1.165, 1.54) is 5.56 Å². The maximum atomic E-state index is 12.1. The Balaban J connectivity index is 1.96. The Hall–Kier alpha value is -1.39. The topological polar surface area (TPSA) is 44.4 Å². The highest BCUT2D eigenvalue weighted by atomic mass is 16.1. The van der Waals surface area contributed by atoms with Crippen molar-refractivity contribution in [2.45, 2.75) is 19.4 Å². The minimum atomic E-state index is 0.103. The van der Waals surface area contributed by atoms with Crippen LogP contribution in [0.2, 0.25) is 0 Å². The molecular formula is C15H23N3O. The van der Waals surface area contributed by atoms with Crippen molar-refractivity contribution in [3.63, 3.8) is 0 Å². The summed E-state index contributed by atoms with van der Waals surface area (Å²) in [6.45, 7) is 2.71. The van der Waals surface area contributed by atoms with Gasteiger partial charge < -0.3 is 15.5 Å². The Labute approximate surface area is 115 Å². The molecule has 0 aromatic heterocycles. The summed E-state index contributed by atoms with van der Waals surface area (Å²) in [7, 11) is 4.08. The van der Waals surface area contributed by atoms with E-state index in [2.05, 4.69) is 21.6 Å². The minimum absolute atomic E-state index is 0.103. The highest BCUT2D eigenvalue weighted by molar-refractivity contribution is 5.92. The lowest BCUT2D eigenvalue weighted by Crippen LogP contribution is -2.37. The van der Waals surface area contributed by atoms with Crippen LogP contribution in [0.4, 0.5) is 5.69 Å². The smallest absolute Gasteiger partial charge is 0.228 e. The third kappa shape index (κ3) is 4.33. The van der Waals surface area contributed by atoms with E-state index in [0.29, 0.717) is 0 Å². The van der Waals surface area contributed by atoms with Crippen LogP contribution in [0.25, 0.3) is 0 Å². The molecule has 0 spiro atoms. The molecule has 1 atom stereocenters. The Morgan fingerprint density at radius 2 is 2.32 bits per heavy atom. The van der Waals surface area contributed by atoms with E-state index in [0.717, 1.165) is 38.2 Å². The molecule has 0 radical (unpaired) electrons. The largest absolute Gasteiger partial charge is 0.326 e. The summed E-state index contributed by atoms with van der Waals surface area (Å²) in [6, 6.07) is 8.08. The van der Waals surface area contributed by atoms with Crippen molar-refractivity contribution in [2.75, 3.05) is 32.5 Å². The van der Waals surface area contributed by atoms with E-state index < -0.39 is 0 Å². The zero-order chi connectivity index (χ0) is 13.7. The van der Waals surface area contributed by atoms with Crippen LogP contribution in [0.15, 0.2) is 24.3 Å². The number of nitrogens with one attached hydrogen (secondary N) is 2. The number of anilines is 1. The maximum Gasteiger partial charge on any atom is 0.228 e. The number of benzene rings is 1. The van der Waals surface area contributed by atoms with Gasteiger partial charge in [-0.1, -0.05) is 12.1 Å². The van der Waals surface area contributed by atoms with Crippen LogP contribution in [0.1, 0.15) is 18.4 Å². The van der Waals surface area contributed by atoms with Gasteiger partial charge in [0.05, 0.1) is 5.92 Å². The Kier molecular flexibility index (Phi) is 4.93. The number of hydrogen-bond donors (Lipinski definition) is 2. The number of rotatable bonds is 4. The molecule has 0 unspecified atom stereocenters. The zero-order valence-electron chi connectivity index (χ0n) is 11.8. The second-order valence-electron chi connectivity index (χ2n) is 5.47. The van der Waals surface area contributed by atoms with Gasteiger partial charge in [0.15, 0.2) is 0 Å². The van der Waals surface area contributed by atoms with Gasteiger partial charge in [-0.15, -0.1) is 0 Å². The molecule has 0 saturated carbocycles. The van der Waals surface area contributed by atoms with E-state index in [9.17, 15) is 4.79 Å². The number of hydrogen-bond acceptors (Lipinski definition) is 3. The molecule has 19 heavy (non-hydrogen) atoms. The highest BCUT2D eigenvalue weighted by Crippen LogP contribution is 2.16. The molecule has 1 fully saturated rings. The van der Waals surface area contributed by atoms with Crippen molar-refractivity contribution in [3.05, 3.63) is 29.8 Å². The number of carbonyl (C=O) groups excluding carboxylic acids is 1. The molecule has 0 bridgehead atoms. The Morgan fingerprint density at radius 1 is 1.47 bits per heavy atom. The lowest BCUT2D eigenvalue weighted by molar-refractivity contribution is -0.120. The molecule has 4 heteroatoms. The predicted molar refractivity (Wildman–Crippen MR) is 78.1 cm³/mol. The third-order valence-electron chi connectivity index (χ3n) is 3.36. The Morgan fingerprint density at radius 3 is 3.00 bits per heavy atom. The fourth-order valence-corrected chi connectivity index (χ4v) is 2.43. The van der Waals surface area contributed by atoms with Gasteiger partial charge in [-0.3, -0.25) is 4.79 Å². The number of piperidine rings is 1. The standard InChI is InChI=1S/C15H23N3O/c1-18(2)11-12-5-3-7-14(9-12)17-15(19)13-6-4-8-16-10-13/h3,5,7,9,13,16H,4,6,8,10-11H2,1-2H3,(H,17,19)/t13-/m1/s1. The van der Waals surface area contributed by atoms with E-state index in [-0.39, 0.29) is 11.8 Å². The van der Waals surface area contributed by atoms with Crippen molar-refractivity contribution in [1.82, 2.24) is 10.2 Å². The van der Waals surface area contributed by atoms with Crippen LogP contribution in [-0.4, -0.2) is 38.0 Å². The van der Waals surface area contributed by atoms with Gasteiger partial charge in [0.1, 0.15) is 0 Å². The van der Waals surface area contributed by atoms with Crippen molar-refractivity contribution < 1.29 is 4.79 Å². The number of nitrogens with zero attached hydrogens (tertiary/aromatic N) is 1. The third-order valence-corrected chi connectivity index (χ3v) is 3.36. The molecule has 1 aromatic carbocycles. The summed E-state index contributed by atoms with van der Waals surface area (Å²) < 4.78 is 0. The van der Waals surface area contributed by atoms with Crippen LogP contribution in [0, 0.1) is 5.92 Å². The first kappa shape index (κ1) is 14.0. The van der Waals surface area contributed by atoms with Crippen molar-refractivity contribution in [2.24, 2.45) is 5.92 Å². The van der Waals surface area contributed by atoms with Crippen LogP contribution >= 0.6 is 0 Å². The van der Waals surface area contributed by atoms with Gasteiger partial charge in [-0.2, -0.15) is 0 Å². The van der Waals surface area contributed by atoms with E-state index >= 15 is 0 Å². The van der Waals surface area contributed by atoms with Gasteiger partial charge in [-0.25, -0.2) is 0 Å². The first-order valence-electron chi connectivity index (χ1n) is 6.90. The summed E-state index contributed by atoms with van der Waals surface area (Å²) in [6.07, 6.45) is 2.06. The molecule has 1 aliphatic rings. The SMILES string of the molecule is CN(C)Cc1cccc(NC(=O)[C@@H]2CCCNC2)c1. The van der Waals surface area contributed by atoms with Gasteiger partial charge in [0.2, 0.25) is 5.91 Å². The summed E-state index contributed by atoms with van der Waals surface area (Å²) in [4.78, 5) is 14.3. The monoisotopic (exact) mass is 261 g/mol. The average molecular weight is 261 g/mol. The van der Waals surface area contributed by atoms with Crippen LogP contribution in [-0.2, 0) is 11.3 Å². The molecule has 1 heterocycles. The average Bonchev–Trinajstić information content (AvgIpc) is 2.39. The van der Waals surface area contributed by atoms with Gasteiger partial charge in [0.25, 0.3) is 0 Å². The second kappa shape index (κ2) is 6.68. The summed E-state index contributed by atoms with van der Waals surface area (Å²) in [5.74, 6) is 0.237. The number of amides is 1. The van der Waals surface area contributed by atoms with Gasteiger partial charge in [0, 0.05) is 18.8 Å². The first-order valence-corrected chi connectivity index (χ1v) is 6.90. The maximum absolute atomic E-state index is 12.1. The second-order valence-corrected chi connectivity index (χ2v) is 5.47. The molecule has 2 rings (SSSR count). The quantitative estimate of drug-likeness (QED) is 0.867. The van der Waals surface area contributed by atoms with Crippen LogP contribution in [0.3, 0.4) is 0 Å². The molecule has 1 saturated heterocycles.